The van der Waals surface area contributed by atoms with Gasteiger partial charge in [-0.2, -0.15) is 0 Å². The van der Waals surface area contributed by atoms with Crippen molar-refractivity contribution in [1.29, 1.82) is 0 Å². The molecule has 0 saturated carbocycles. The molecule has 3 heterocycles. The van der Waals surface area contributed by atoms with Crippen LogP contribution in [0.2, 0.25) is 0 Å². The Kier molecular flexibility index (Phi) is 7.38. The zero-order valence-corrected chi connectivity index (χ0v) is 18.6. The van der Waals surface area contributed by atoms with Crippen molar-refractivity contribution in [3.05, 3.63) is 22.9 Å². The molecule has 1 aromatic heterocycles. The molecule has 0 bridgehead atoms. The minimum Gasteiger partial charge on any atom is -0.444 e. The molecule has 1 amide bonds. The van der Waals surface area contributed by atoms with E-state index in [-0.39, 0.29) is 12.2 Å². The maximum Gasteiger partial charge on any atom is 0.410 e. The van der Waals surface area contributed by atoms with Gasteiger partial charge in [-0.05, 0) is 83.4 Å². The van der Waals surface area contributed by atoms with Gasteiger partial charge in [0.25, 0.3) is 0 Å². The van der Waals surface area contributed by atoms with Crippen molar-refractivity contribution < 1.29 is 14.3 Å². The van der Waals surface area contributed by atoms with Gasteiger partial charge in [0.2, 0.25) is 0 Å². The highest BCUT2D eigenvalue weighted by atomic mass is 16.6. The Labute approximate surface area is 175 Å². The average Bonchev–Trinajstić information content (AvgIpc) is 3.12. The van der Waals surface area contributed by atoms with E-state index < -0.39 is 5.60 Å². The highest BCUT2D eigenvalue weighted by molar-refractivity contribution is 5.68. The summed E-state index contributed by atoms with van der Waals surface area (Å²) in [7, 11) is 0. The zero-order chi connectivity index (χ0) is 20.9. The van der Waals surface area contributed by atoms with Crippen LogP contribution in [0.5, 0.6) is 0 Å². The van der Waals surface area contributed by atoms with E-state index in [0.29, 0.717) is 6.54 Å². The van der Waals surface area contributed by atoms with Crippen LogP contribution in [0, 0.1) is 6.92 Å². The highest BCUT2D eigenvalue weighted by Crippen LogP contribution is 2.24. The molecule has 6 nitrogen and oxygen atoms in total. The summed E-state index contributed by atoms with van der Waals surface area (Å²) in [5.41, 5.74) is 3.51. The van der Waals surface area contributed by atoms with Crippen LogP contribution < -0.4 is 5.32 Å². The number of carbonyl (C=O) groups is 1. The standard InChI is InChI=1S/C23H37N3O3/c1-17-15-18(25-21-20(17)10-8-12-24-21)9-6-5-7-14-28-19-11-13-26(16-19)22(27)29-23(2,3)4/h15,19H,5-14,16H2,1-4H3,(H,24,25). The number of carbonyl (C=O) groups excluding carboxylic acids is 1. The summed E-state index contributed by atoms with van der Waals surface area (Å²) in [5, 5.41) is 3.44. The van der Waals surface area contributed by atoms with Crippen LogP contribution in [-0.4, -0.2) is 53.9 Å². The fourth-order valence-corrected chi connectivity index (χ4v) is 4.02. The molecule has 1 N–H and O–H groups in total. The summed E-state index contributed by atoms with van der Waals surface area (Å²) in [4.78, 5) is 18.7. The Balaban J connectivity index is 1.30. The fourth-order valence-electron chi connectivity index (χ4n) is 4.02. The molecule has 2 aliphatic heterocycles. The van der Waals surface area contributed by atoms with Crippen LogP contribution >= 0.6 is 0 Å². The quantitative estimate of drug-likeness (QED) is 0.680. The normalized spacial score (nSPS) is 19.0. The Bertz CT molecular complexity index is 699. The fraction of sp³-hybridized carbons (Fsp3) is 0.739. The number of fused-ring (bicyclic) bond motifs is 1. The van der Waals surface area contributed by atoms with Crippen LogP contribution in [-0.2, 0) is 22.3 Å². The van der Waals surface area contributed by atoms with Gasteiger partial charge in [0.1, 0.15) is 11.4 Å². The minimum atomic E-state index is -0.447. The molecule has 3 rings (SSSR count). The molecule has 1 aromatic rings. The van der Waals surface area contributed by atoms with Crippen LogP contribution in [0.4, 0.5) is 10.6 Å². The van der Waals surface area contributed by atoms with Crippen molar-refractivity contribution in [2.24, 2.45) is 0 Å². The van der Waals surface area contributed by atoms with Gasteiger partial charge >= 0.3 is 6.09 Å². The molecular formula is C23H37N3O3. The van der Waals surface area contributed by atoms with Crippen LogP contribution in [0.15, 0.2) is 6.07 Å². The van der Waals surface area contributed by atoms with Crippen LogP contribution in [0.1, 0.15) is 69.7 Å². The van der Waals surface area contributed by atoms with Gasteiger partial charge in [-0.3, -0.25) is 0 Å². The van der Waals surface area contributed by atoms with E-state index in [9.17, 15) is 4.79 Å². The summed E-state index contributed by atoms with van der Waals surface area (Å²) in [6, 6.07) is 2.26. The summed E-state index contributed by atoms with van der Waals surface area (Å²) in [6.45, 7) is 11.0. The molecule has 1 saturated heterocycles. The molecule has 0 aromatic carbocycles. The van der Waals surface area contributed by atoms with Crippen molar-refractivity contribution in [3.8, 4) is 0 Å². The van der Waals surface area contributed by atoms with Crippen molar-refractivity contribution in [1.82, 2.24) is 9.88 Å². The third kappa shape index (κ3) is 6.59. The molecule has 1 atom stereocenters. The topological polar surface area (TPSA) is 63.7 Å². The van der Waals surface area contributed by atoms with Crippen LogP contribution in [0.25, 0.3) is 0 Å². The number of amides is 1. The second kappa shape index (κ2) is 9.79. The minimum absolute atomic E-state index is 0.138. The van der Waals surface area contributed by atoms with Gasteiger partial charge in [-0.25, -0.2) is 9.78 Å². The number of unbranched alkanes of at least 4 members (excludes halogenated alkanes) is 2. The van der Waals surface area contributed by atoms with E-state index in [1.807, 2.05) is 20.8 Å². The molecule has 162 valence electrons. The first-order valence-corrected chi connectivity index (χ1v) is 11.1. The second-order valence-corrected chi connectivity index (χ2v) is 9.31. The Morgan fingerprint density at radius 2 is 2.14 bits per heavy atom. The lowest BCUT2D eigenvalue weighted by molar-refractivity contribution is 0.0206. The number of nitrogens with one attached hydrogen (secondary N) is 1. The maximum absolute atomic E-state index is 12.1. The summed E-state index contributed by atoms with van der Waals surface area (Å²) < 4.78 is 11.4. The van der Waals surface area contributed by atoms with Gasteiger partial charge < -0.3 is 19.7 Å². The monoisotopic (exact) mass is 403 g/mol. The molecule has 0 aliphatic carbocycles. The number of likely N-dealkylation sites (tertiary alicyclic amines) is 1. The number of rotatable bonds is 7. The summed E-state index contributed by atoms with van der Waals surface area (Å²) >= 11 is 0. The first-order chi connectivity index (χ1) is 13.8. The van der Waals surface area contributed by atoms with Gasteiger partial charge in [0, 0.05) is 25.4 Å². The zero-order valence-electron chi connectivity index (χ0n) is 18.6. The molecule has 0 radical (unpaired) electrons. The van der Waals surface area contributed by atoms with Crippen LogP contribution in [0.3, 0.4) is 0 Å². The third-order valence-electron chi connectivity index (χ3n) is 5.52. The molecular weight excluding hydrogens is 366 g/mol. The van der Waals surface area contributed by atoms with E-state index in [4.69, 9.17) is 14.5 Å². The first-order valence-electron chi connectivity index (χ1n) is 11.1. The number of pyridine rings is 1. The molecule has 2 aliphatic rings. The molecule has 1 unspecified atom stereocenters. The number of nitrogens with zero attached hydrogens (tertiary/aromatic N) is 2. The van der Waals surface area contributed by atoms with Crippen molar-refractivity contribution in [3.63, 3.8) is 0 Å². The van der Waals surface area contributed by atoms with Gasteiger partial charge in [0.15, 0.2) is 0 Å². The number of hydrogen-bond donors (Lipinski definition) is 1. The van der Waals surface area contributed by atoms with E-state index in [0.717, 1.165) is 64.0 Å². The number of hydrogen-bond acceptors (Lipinski definition) is 5. The molecule has 1 fully saturated rings. The number of aromatic nitrogens is 1. The summed E-state index contributed by atoms with van der Waals surface area (Å²) in [6.07, 6.45) is 7.47. The van der Waals surface area contributed by atoms with Gasteiger partial charge in [-0.15, -0.1) is 0 Å². The second-order valence-electron chi connectivity index (χ2n) is 9.31. The lowest BCUT2D eigenvalue weighted by Crippen LogP contribution is -2.36. The predicted molar refractivity (Wildman–Crippen MR) is 116 cm³/mol. The molecule has 29 heavy (non-hydrogen) atoms. The predicted octanol–water partition coefficient (Wildman–Crippen LogP) is 4.49. The van der Waals surface area contributed by atoms with Gasteiger partial charge in [-0.1, -0.05) is 6.42 Å². The Hall–Kier alpha value is -1.82. The van der Waals surface area contributed by atoms with Crippen molar-refractivity contribution in [2.45, 2.75) is 84.3 Å². The first kappa shape index (κ1) is 21.9. The van der Waals surface area contributed by atoms with E-state index in [2.05, 4.69) is 18.3 Å². The molecule has 0 spiro atoms. The Morgan fingerprint density at radius 1 is 1.31 bits per heavy atom. The Morgan fingerprint density at radius 3 is 2.93 bits per heavy atom. The van der Waals surface area contributed by atoms with Gasteiger partial charge in [0.05, 0.1) is 12.6 Å². The number of aryl methyl sites for hydroxylation is 2. The highest BCUT2D eigenvalue weighted by Gasteiger charge is 2.30. The van der Waals surface area contributed by atoms with E-state index >= 15 is 0 Å². The SMILES string of the molecule is Cc1cc(CCCCCOC2CCN(C(=O)OC(C)(C)C)C2)nc2c1CCCN2. The smallest absolute Gasteiger partial charge is 0.410 e. The third-order valence-corrected chi connectivity index (χ3v) is 5.52. The molecule has 6 heteroatoms. The lowest BCUT2D eigenvalue weighted by atomic mass is 10.00. The van der Waals surface area contributed by atoms with E-state index in [1.165, 1.54) is 23.2 Å². The largest absolute Gasteiger partial charge is 0.444 e. The van der Waals surface area contributed by atoms with Crippen molar-refractivity contribution in [2.75, 3.05) is 31.6 Å². The van der Waals surface area contributed by atoms with E-state index in [1.54, 1.807) is 4.90 Å². The number of anilines is 1. The maximum atomic E-state index is 12.1. The lowest BCUT2D eigenvalue weighted by Gasteiger charge is -2.24. The average molecular weight is 404 g/mol. The van der Waals surface area contributed by atoms with Crippen molar-refractivity contribution >= 4 is 11.9 Å². The number of ether oxygens (including phenoxy) is 2. The summed E-state index contributed by atoms with van der Waals surface area (Å²) in [5.74, 6) is 1.10.